The smallest absolute Gasteiger partial charge is 0.236 e. The third-order valence-electron chi connectivity index (χ3n) is 6.73. The molecule has 172 valence electrons. The molecule has 7 heteroatoms. The first-order valence-corrected chi connectivity index (χ1v) is 13.3. The van der Waals surface area contributed by atoms with Gasteiger partial charge in [0.15, 0.2) is 0 Å². The summed E-state index contributed by atoms with van der Waals surface area (Å²) in [6, 6.07) is 16.9. The SMILES string of the molecule is C[C@@H]1CN(C(=O)CN2CCc3sccc3[C@@H]2c2ccccc2)CCN1C(=O)Cc1cccs1. The number of piperazine rings is 1. The monoisotopic (exact) mass is 479 g/mol. The van der Waals surface area contributed by atoms with Crippen LogP contribution < -0.4 is 0 Å². The zero-order chi connectivity index (χ0) is 22.8. The van der Waals surface area contributed by atoms with E-state index in [1.165, 1.54) is 16.0 Å². The first kappa shape index (κ1) is 22.3. The van der Waals surface area contributed by atoms with Gasteiger partial charge in [-0.25, -0.2) is 0 Å². The number of rotatable bonds is 5. The molecule has 2 atom stereocenters. The number of carbonyl (C=O) groups excluding carboxylic acids is 2. The van der Waals surface area contributed by atoms with Gasteiger partial charge in [0.05, 0.1) is 19.0 Å². The van der Waals surface area contributed by atoms with E-state index in [0.29, 0.717) is 32.6 Å². The van der Waals surface area contributed by atoms with Crippen LogP contribution in [-0.4, -0.2) is 65.3 Å². The molecule has 0 unspecified atom stereocenters. The lowest BCUT2D eigenvalue weighted by Crippen LogP contribution is -2.57. The topological polar surface area (TPSA) is 43.9 Å². The van der Waals surface area contributed by atoms with Crippen molar-refractivity contribution in [3.63, 3.8) is 0 Å². The Bertz CT molecular complexity index is 1100. The molecule has 5 nitrogen and oxygen atoms in total. The minimum atomic E-state index is 0.0323. The molecule has 0 aliphatic carbocycles. The van der Waals surface area contributed by atoms with Crippen molar-refractivity contribution < 1.29 is 9.59 Å². The molecule has 33 heavy (non-hydrogen) atoms. The second kappa shape index (κ2) is 9.79. The van der Waals surface area contributed by atoms with Gasteiger partial charge in [0.1, 0.15) is 0 Å². The van der Waals surface area contributed by atoms with Crippen LogP contribution in [-0.2, 0) is 22.4 Å². The lowest BCUT2D eigenvalue weighted by Gasteiger charge is -2.42. The average molecular weight is 480 g/mol. The molecule has 0 radical (unpaired) electrons. The minimum Gasteiger partial charge on any atom is -0.338 e. The molecule has 2 aliphatic heterocycles. The summed E-state index contributed by atoms with van der Waals surface area (Å²) >= 11 is 3.44. The zero-order valence-corrected chi connectivity index (χ0v) is 20.5. The second-order valence-electron chi connectivity index (χ2n) is 8.86. The standard InChI is InChI=1S/C26H29N3O2S2/c1-19-17-27(12-13-29(19)24(30)16-21-8-5-14-32-21)25(31)18-28-11-9-23-22(10-15-33-23)26(28)20-6-3-2-4-7-20/h2-8,10,14-15,19,26H,9,11-13,16-18H2,1H3/t19-,26+/m1/s1. The van der Waals surface area contributed by atoms with Crippen LogP contribution in [0.2, 0.25) is 0 Å². The maximum absolute atomic E-state index is 13.4. The van der Waals surface area contributed by atoms with Crippen molar-refractivity contribution in [2.75, 3.05) is 32.7 Å². The van der Waals surface area contributed by atoms with Crippen LogP contribution in [0.1, 0.15) is 33.8 Å². The molecular weight excluding hydrogens is 450 g/mol. The summed E-state index contributed by atoms with van der Waals surface area (Å²) < 4.78 is 0. The van der Waals surface area contributed by atoms with Gasteiger partial charge in [0.2, 0.25) is 11.8 Å². The van der Waals surface area contributed by atoms with Crippen molar-refractivity contribution >= 4 is 34.5 Å². The molecule has 2 aliphatic rings. The molecule has 0 spiro atoms. The maximum atomic E-state index is 13.4. The van der Waals surface area contributed by atoms with E-state index in [1.54, 1.807) is 11.3 Å². The van der Waals surface area contributed by atoms with E-state index >= 15 is 0 Å². The highest BCUT2D eigenvalue weighted by Crippen LogP contribution is 2.37. The van der Waals surface area contributed by atoms with Gasteiger partial charge in [-0.05, 0) is 47.4 Å². The van der Waals surface area contributed by atoms with Gasteiger partial charge >= 0.3 is 0 Å². The van der Waals surface area contributed by atoms with Gasteiger partial charge in [-0.2, -0.15) is 0 Å². The van der Waals surface area contributed by atoms with Crippen molar-refractivity contribution in [2.24, 2.45) is 0 Å². The summed E-state index contributed by atoms with van der Waals surface area (Å²) in [6.07, 6.45) is 1.44. The third-order valence-corrected chi connectivity index (χ3v) is 8.60. The average Bonchev–Trinajstić information content (AvgIpc) is 3.51. The van der Waals surface area contributed by atoms with Crippen LogP contribution in [0.25, 0.3) is 0 Å². The van der Waals surface area contributed by atoms with Crippen LogP contribution >= 0.6 is 22.7 Å². The molecule has 0 bridgehead atoms. The summed E-state index contributed by atoms with van der Waals surface area (Å²) in [5.74, 6) is 0.314. The van der Waals surface area contributed by atoms with Crippen molar-refractivity contribution in [2.45, 2.75) is 31.8 Å². The third kappa shape index (κ3) is 4.76. The first-order chi connectivity index (χ1) is 16.1. The molecular formula is C26H29N3O2S2. The molecule has 2 amide bonds. The molecule has 5 rings (SSSR count). The highest BCUT2D eigenvalue weighted by Gasteiger charge is 2.34. The van der Waals surface area contributed by atoms with E-state index < -0.39 is 0 Å². The predicted molar refractivity (Wildman–Crippen MR) is 134 cm³/mol. The van der Waals surface area contributed by atoms with Gasteiger partial charge in [-0.15, -0.1) is 22.7 Å². The molecule has 1 aromatic carbocycles. The summed E-state index contributed by atoms with van der Waals surface area (Å²) in [5.41, 5.74) is 2.57. The normalized spacial score (nSPS) is 21.1. The Morgan fingerprint density at radius 3 is 2.55 bits per heavy atom. The lowest BCUT2D eigenvalue weighted by atomic mass is 9.93. The fraction of sp³-hybridized carbons (Fsp3) is 0.385. The van der Waals surface area contributed by atoms with Crippen LogP contribution in [0.5, 0.6) is 0 Å². The Hall–Kier alpha value is -2.48. The van der Waals surface area contributed by atoms with Crippen LogP contribution in [0.4, 0.5) is 0 Å². The molecule has 1 saturated heterocycles. The molecule has 1 fully saturated rings. The Labute approximate surface area is 203 Å². The van der Waals surface area contributed by atoms with Gasteiger partial charge < -0.3 is 9.80 Å². The summed E-state index contributed by atoms with van der Waals surface area (Å²) in [7, 11) is 0. The maximum Gasteiger partial charge on any atom is 0.236 e. The number of carbonyl (C=O) groups is 2. The van der Waals surface area contributed by atoms with E-state index in [9.17, 15) is 9.59 Å². The molecule has 0 N–H and O–H groups in total. The van der Waals surface area contributed by atoms with Crippen LogP contribution in [0.3, 0.4) is 0 Å². The number of thiophene rings is 2. The molecule has 3 aromatic rings. The van der Waals surface area contributed by atoms with E-state index in [4.69, 9.17) is 0 Å². The highest BCUT2D eigenvalue weighted by atomic mass is 32.1. The van der Waals surface area contributed by atoms with Crippen molar-refractivity contribution in [3.8, 4) is 0 Å². The molecule has 0 saturated carbocycles. The summed E-state index contributed by atoms with van der Waals surface area (Å²) in [6.45, 7) is 5.15. The summed E-state index contributed by atoms with van der Waals surface area (Å²) in [5, 5.41) is 4.17. The summed E-state index contributed by atoms with van der Waals surface area (Å²) in [4.78, 5) is 34.9. The van der Waals surface area contributed by atoms with Gasteiger partial charge in [0.25, 0.3) is 0 Å². The largest absolute Gasteiger partial charge is 0.338 e. The van der Waals surface area contributed by atoms with Gasteiger partial charge in [0, 0.05) is 42.0 Å². The lowest BCUT2D eigenvalue weighted by molar-refractivity contribution is -0.143. The van der Waals surface area contributed by atoms with Crippen LogP contribution in [0.15, 0.2) is 59.3 Å². The quantitative estimate of drug-likeness (QED) is 0.554. The Balaban J connectivity index is 1.24. The Morgan fingerprint density at radius 2 is 1.79 bits per heavy atom. The van der Waals surface area contributed by atoms with Crippen molar-refractivity contribution in [1.29, 1.82) is 0 Å². The molecule has 4 heterocycles. The number of nitrogens with zero attached hydrogens (tertiary/aromatic N) is 3. The van der Waals surface area contributed by atoms with E-state index in [2.05, 4.69) is 47.5 Å². The second-order valence-corrected chi connectivity index (χ2v) is 10.9. The minimum absolute atomic E-state index is 0.0323. The van der Waals surface area contributed by atoms with E-state index in [-0.39, 0.29) is 23.9 Å². The number of hydrogen-bond acceptors (Lipinski definition) is 5. The zero-order valence-electron chi connectivity index (χ0n) is 18.9. The number of fused-ring (bicyclic) bond motifs is 1. The number of amides is 2. The van der Waals surface area contributed by atoms with Gasteiger partial charge in [-0.3, -0.25) is 14.5 Å². The predicted octanol–water partition coefficient (Wildman–Crippen LogP) is 4.06. The van der Waals surface area contributed by atoms with Crippen molar-refractivity contribution in [1.82, 2.24) is 14.7 Å². The molecule has 2 aromatic heterocycles. The van der Waals surface area contributed by atoms with Crippen molar-refractivity contribution in [3.05, 3.63) is 80.2 Å². The fourth-order valence-electron chi connectivity index (χ4n) is 5.06. The highest BCUT2D eigenvalue weighted by molar-refractivity contribution is 7.10. The van der Waals surface area contributed by atoms with Gasteiger partial charge in [-0.1, -0.05) is 36.4 Å². The first-order valence-electron chi connectivity index (χ1n) is 11.5. The van der Waals surface area contributed by atoms with E-state index in [0.717, 1.165) is 17.8 Å². The Kier molecular flexibility index (Phi) is 6.62. The van der Waals surface area contributed by atoms with E-state index in [1.807, 2.05) is 44.7 Å². The number of benzene rings is 1. The Morgan fingerprint density at radius 1 is 0.939 bits per heavy atom. The fourth-order valence-corrected chi connectivity index (χ4v) is 6.66. The van der Waals surface area contributed by atoms with Crippen LogP contribution in [0, 0.1) is 0 Å². The number of hydrogen-bond donors (Lipinski definition) is 0.